The average Bonchev–Trinajstić information content (AvgIpc) is 2.93. The second kappa shape index (κ2) is 6.46. The Hall–Kier alpha value is -1.11. The molecule has 3 fully saturated rings. The molecule has 6 nitrogen and oxygen atoms in total. The summed E-state index contributed by atoms with van der Waals surface area (Å²) in [6.45, 7) is 4.27. The highest BCUT2D eigenvalue weighted by Crippen LogP contribution is 2.46. The molecule has 0 aromatic rings. The average molecular weight is 376 g/mol. The number of guanidine groups is 1. The summed E-state index contributed by atoms with van der Waals surface area (Å²) in [6.07, 6.45) is 13.0. The van der Waals surface area contributed by atoms with Gasteiger partial charge < -0.3 is 24.8 Å². The number of ether oxygens (including phenoxy) is 2. The standard InChI is InChI=1S/C21H33N3O3/c1-3-17-6-4-5-11-20(27-17)12-15-8-9-16-13-21(23-19(22-20)24(15)16)18(25)10-7-14(2)26-21/h4,6,14-18,25H,3,5,7-13H2,1-2H3,(H,22,23)/t14-,15+,16-,17+,18+,20+,21-/m1/s1. The van der Waals surface area contributed by atoms with Crippen LogP contribution in [0.1, 0.15) is 71.6 Å². The topological polar surface area (TPSA) is 66.3 Å². The fraction of sp³-hybridized carbons (Fsp3) is 0.857. The van der Waals surface area contributed by atoms with Crippen LogP contribution in [0, 0.1) is 0 Å². The Labute approximate surface area is 162 Å². The van der Waals surface area contributed by atoms with Gasteiger partial charge in [0.25, 0.3) is 0 Å². The van der Waals surface area contributed by atoms with E-state index in [-0.39, 0.29) is 17.9 Å². The van der Waals surface area contributed by atoms with Crippen molar-refractivity contribution in [2.45, 2.75) is 113 Å². The number of aliphatic hydroxyl groups is 1. The third-order valence-electron chi connectivity index (χ3n) is 7.21. The molecule has 0 saturated carbocycles. The molecule has 0 bridgehead atoms. The molecule has 0 unspecified atom stereocenters. The van der Waals surface area contributed by atoms with Crippen molar-refractivity contribution in [1.29, 1.82) is 0 Å². The van der Waals surface area contributed by atoms with Crippen LogP contribution in [0.3, 0.4) is 0 Å². The highest BCUT2D eigenvalue weighted by Gasteiger charge is 2.56. The van der Waals surface area contributed by atoms with Crippen molar-refractivity contribution in [2.24, 2.45) is 4.99 Å². The monoisotopic (exact) mass is 375 g/mol. The van der Waals surface area contributed by atoms with E-state index in [2.05, 4.69) is 36.2 Å². The third-order valence-corrected chi connectivity index (χ3v) is 7.21. The molecule has 5 rings (SSSR count). The maximum Gasteiger partial charge on any atom is 0.199 e. The first kappa shape index (κ1) is 18.0. The second-order valence-electron chi connectivity index (χ2n) is 9.15. The molecule has 5 aliphatic heterocycles. The fourth-order valence-corrected chi connectivity index (χ4v) is 5.86. The van der Waals surface area contributed by atoms with Crippen LogP contribution >= 0.6 is 0 Å². The van der Waals surface area contributed by atoms with Crippen molar-refractivity contribution in [3.05, 3.63) is 12.2 Å². The van der Waals surface area contributed by atoms with Crippen LogP contribution in [0.4, 0.5) is 0 Å². The van der Waals surface area contributed by atoms with Gasteiger partial charge in [0.1, 0.15) is 11.8 Å². The summed E-state index contributed by atoms with van der Waals surface area (Å²) in [5, 5.41) is 14.5. The maximum atomic E-state index is 10.8. The maximum absolute atomic E-state index is 10.8. The Morgan fingerprint density at radius 2 is 2.04 bits per heavy atom. The molecular formula is C21H33N3O3. The van der Waals surface area contributed by atoms with Gasteiger partial charge in [0.2, 0.25) is 0 Å². The summed E-state index contributed by atoms with van der Waals surface area (Å²) in [6, 6.07) is 0.874. The molecule has 5 heterocycles. The van der Waals surface area contributed by atoms with E-state index < -0.39 is 11.8 Å². The van der Waals surface area contributed by atoms with Gasteiger partial charge in [-0.15, -0.1) is 0 Å². The zero-order chi connectivity index (χ0) is 18.6. The van der Waals surface area contributed by atoms with Crippen LogP contribution in [0.2, 0.25) is 0 Å². The normalized spacial score (nSPS) is 48.9. The van der Waals surface area contributed by atoms with E-state index in [1.807, 2.05) is 0 Å². The smallest absolute Gasteiger partial charge is 0.199 e. The molecule has 2 spiro atoms. The molecule has 0 aromatic carbocycles. The third kappa shape index (κ3) is 2.91. The Bertz CT molecular complexity index is 653. The number of rotatable bonds is 1. The van der Waals surface area contributed by atoms with Crippen LogP contribution in [-0.4, -0.2) is 57.8 Å². The van der Waals surface area contributed by atoms with Gasteiger partial charge in [0.05, 0.1) is 12.2 Å². The van der Waals surface area contributed by atoms with E-state index in [1.165, 1.54) is 6.42 Å². The summed E-state index contributed by atoms with van der Waals surface area (Å²) in [5.74, 6) is 0.893. The summed E-state index contributed by atoms with van der Waals surface area (Å²) < 4.78 is 12.9. The highest BCUT2D eigenvalue weighted by atomic mass is 16.5. The van der Waals surface area contributed by atoms with Crippen LogP contribution in [0.15, 0.2) is 17.1 Å². The van der Waals surface area contributed by atoms with Crippen LogP contribution in [0.5, 0.6) is 0 Å². The van der Waals surface area contributed by atoms with Gasteiger partial charge in [-0.05, 0) is 51.9 Å². The van der Waals surface area contributed by atoms with Crippen molar-refractivity contribution < 1.29 is 14.6 Å². The van der Waals surface area contributed by atoms with Gasteiger partial charge in [-0.25, -0.2) is 4.99 Å². The van der Waals surface area contributed by atoms with Gasteiger partial charge in [0, 0.05) is 24.9 Å². The molecule has 0 aromatic heterocycles. The van der Waals surface area contributed by atoms with E-state index >= 15 is 0 Å². The first-order valence-corrected chi connectivity index (χ1v) is 10.9. The summed E-state index contributed by atoms with van der Waals surface area (Å²) in [7, 11) is 0. The number of aliphatic hydroxyl groups excluding tert-OH is 1. The van der Waals surface area contributed by atoms with Crippen LogP contribution < -0.4 is 5.32 Å². The van der Waals surface area contributed by atoms with Crippen molar-refractivity contribution in [1.82, 2.24) is 10.2 Å². The van der Waals surface area contributed by atoms with Crippen molar-refractivity contribution in [2.75, 3.05) is 0 Å². The minimum absolute atomic E-state index is 0.141. The Kier molecular flexibility index (Phi) is 4.30. The molecule has 27 heavy (non-hydrogen) atoms. The number of aliphatic imine (C=N–C) groups is 1. The lowest BCUT2D eigenvalue weighted by Crippen LogP contribution is -2.69. The lowest BCUT2D eigenvalue weighted by atomic mass is 9.88. The number of nitrogens with zero attached hydrogens (tertiary/aromatic N) is 2. The Morgan fingerprint density at radius 1 is 1.22 bits per heavy atom. The first-order valence-electron chi connectivity index (χ1n) is 10.9. The van der Waals surface area contributed by atoms with E-state index in [1.54, 1.807) is 0 Å². The minimum Gasteiger partial charge on any atom is -0.388 e. The highest BCUT2D eigenvalue weighted by molar-refractivity contribution is 5.83. The quantitative estimate of drug-likeness (QED) is 0.690. The molecule has 6 heteroatoms. The van der Waals surface area contributed by atoms with Gasteiger partial charge in [-0.2, -0.15) is 0 Å². The minimum atomic E-state index is -0.790. The summed E-state index contributed by atoms with van der Waals surface area (Å²) >= 11 is 0. The zero-order valence-electron chi connectivity index (χ0n) is 16.6. The SMILES string of the molecule is CC[C@H]1C=CCC[C@@]2(C[C@@H]3CC[C@@H]4C[C@@]5(N=C(N2)N43)O[C@H](C)CC[C@@H]5O)O1. The summed E-state index contributed by atoms with van der Waals surface area (Å²) in [4.78, 5) is 7.52. The number of nitrogens with one attached hydrogen (secondary N) is 1. The largest absolute Gasteiger partial charge is 0.388 e. The molecule has 0 amide bonds. The number of hydrogen-bond donors (Lipinski definition) is 2. The van der Waals surface area contributed by atoms with E-state index in [4.69, 9.17) is 14.5 Å². The van der Waals surface area contributed by atoms with Gasteiger partial charge in [0.15, 0.2) is 11.7 Å². The summed E-state index contributed by atoms with van der Waals surface area (Å²) in [5.41, 5.74) is -1.15. The number of allylic oxidation sites excluding steroid dienone is 1. The molecule has 0 radical (unpaired) electrons. The van der Waals surface area contributed by atoms with Crippen molar-refractivity contribution in [3.63, 3.8) is 0 Å². The molecular weight excluding hydrogens is 342 g/mol. The van der Waals surface area contributed by atoms with Crippen molar-refractivity contribution >= 4 is 5.96 Å². The predicted molar refractivity (Wildman–Crippen MR) is 103 cm³/mol. The van der Waals surface area contributed by atoms with Gasteiger partial charge in [-0.1, -0.05) is 19.1 Å². The van der Waals surface area contributed by atoms with Crippen LogP contribution in [-0.2, 0) is 9.47 Å². The zero-order valence-corrected chi connectivity index (χ0v) is 16.6. The van der Waals surface area contributed by atoms with Gasteiger partial charge >= 0.3 is 0 Å². The molecule has 5 aliphatic rings. The van der Waals surface area contributed by atoms with E-state index in [9.17, 15) is 5.11 Å². The first-order chi connectivity index (χ1) is 13.0. The second-order valence-corrected chi connectivity index (χ2v) is 9.15. The van der Waals surface area contributed by atoms with Crippen LogP contribution in [0.25, 0.3) is 0 Å². The van der Waals surface area contributed by atoms with E-state index in [0.717, 1.165) is 57.3 Å². The fourth-order valence-electron chi connectivity index (χ4n) is 5.86. The molecule has 3 saturated heterocycles. The van der Waals surface area contributed by atoms with Gasteiger partial charge in [-0.3, -0.25) is 0 Å². The lowest BCUT2D eigenvalue weighted by Gasteiger charge is -2.54. The number of hydrogen-bond acceptors (Lipinski definition) is 6. The molecule has 0 aliphatic carbocycles. The van der Waals surface area contributed by atoms with E-state index in [0.29, 0.717) is 12.1 Å². The lowest BCUT2D eigenvalue weighted by molar-refractivity contribution is -0.196. The Balaban J connectivity index is 1.50. The predicted octanol–water partition coefficient (Wildman–Crippen LogP) is 2.67. The van der Waals surface area contributed by atoms with Crippen molar-refractivity contribution in [3.8, 4) is 0 Å². The molecule has 2 N–H and O–H groups in total. The molecule has 7 atom stereocenters. The Morgan fingerprint density at radius 3 is 2.85 bits per heavy atom. The molecule has 150 valence electrons.